The molecule has 0 aliphatic carbocycles. The van der Waals surface area contributed by atoms with E-state index in [-0.39, 0.29) is 18.8 Å². The molecule has 82 valence electrons. The van der Waals surface area contributed by atoms with E-state index in [9.17, 15) is 4.39 Å². The van der Waals surface area contributed by atoms with Crippen LogP contribution >= 0.6 is 15.9 Å². The highest BCUT2D eigenvalue weighted by Gasteiger charge is 2.21. The van der Waals surface area contributed by atoms with E-state index in [1.807, 2.05) is 0 Å². The van der Waals surface area contributed by atoms with Crippen molar-refractivity contribution in [1.29, 1.82) is 0 Å². The van der Waals surface area contributed by atoms with Gasteiger partial charge in [-0.1, -0.05) is 0 Å². The third kappa shape index (κ3) is 1.94. The van der Waals surface area contributed by atoms with Gasteiger partial charge in [0.1, 0.15) is 19.0 Å². The van der Waals surface area contributed by atoms with Gasteiger partial charge in [-0.05, 0) is 22.4 Å². The van der Waals surface area contributed by atoms with E-state index in [1.165, 1.54) is 6.07 Å². The second-order valence-corrected chi connectivity index (χ2v) is 3.94. The lowest BCUT2D eigenvalue weighted by molar-refractivity contribution is 0.169. The van der Waals surface area contributed by atoms with Gasteiger partial charge in [0.2, 0.25) is 0 Å². The van der Waals surface area contributed by atoms with Crippen LogP contribution in [0.25, 0.3) is 0 Å². The first-order chi connectivity index (χ1) is 7.24. The van der Waals surface area contributed by atoms with Crippen LogP contribution in [-0.2, 0) is 6.42 Å². The van der Waals surface area contributed by atoms with Gasteiger partial charge in [0.15, 0.2) is 11.5 Å². The normalized spacial score (nSPS) is 14.1. The minimum atomic E-state index is -0.389. The van der Waals surface area contributed by atoms with E-state index in [2.05, 4.69) is 15.9 Å². The maximum Gasteiger partial charge on any atom is 0.176 e. The largest absolute Gasteiger partial charge is 0.486 e. The first kappa shape index (κ1) is 10.7. The van der Waals surface area contributed by atoms with Crippen LogP contribution in [0.5, 0.6) is 11.5 Å². The molecule has 1 aromatic rings. The Morgan fingerprint density at radius 2 is 2.13 bits per heavy atom. The molecule has 0 spiro atoms. The number of halogens is 2. The predicted molar refractivity (Wildman–Crippen MR) is 55.9 cm³/mol. The molecule has 5 heteroatoms. The van der Waals surface area contributed by atoms with Gasteiger partial charge >= 0.3 is 0 Å². The van der Waals surface area contributed by atoms with E-state index < -0.39 is 0 Å². The lowest BCUT2D eigenvalue weighted by Crippen LogP contribution is -2.16. The van der Waals surface area contributed by atoms with Gasteiger partial charge in [-0.25, -0.2) is 4.39 Å². The van der Waals surface area contributed by atoms with Crippen molar-refractivity contribution in [3.8, 4) is 11.5 Å². The summed E-state index contributed by atoms with van der Waals surface area (Å²) < 4.78 is 24.7. The number of benzene rings is 1. The molecule has 2 rings (SSSR count). The maximum absolute atomic E-state index is 13.5. The van der Waals surface area contributed by atoms with E-state index in [0.717, 1.165) is 0 Å². The van der Waals surface area contributed by atoms with Gasteiger partial charge < -0.3 is 14.6 Å². The van der Waals surface area contributed by atoms with Crippen LogP contribution in [-0.4, -0.2) is 24.9 Å². The summed E-state index contributed by atoms with van der Waals surface area (Å²) in [5, 5.41) is 8.81. The molecule has 0 amide bonds. The molecule has 0 saturated carbocycles. The Bertz CT molecular complexity index is 381. The molecule has 1 aliphatic heterocycles. The van der Waals surface area contributed by atoms with Gasteiger partial charge in [-0.15, -0.1) is 0 Å². The molecule has 0 unspecified atom stereocenters. The molecule has 15 heavy (non-hydrogen) atoms. The topological polar surface area (TPSA) is 38.7 Å². The number of hydrogen-bond acceptors (Lipinski definition) is 3. The van der Waals surface area contributed by atoms with Crippen molar-refractivity contribution in [3.63, 3.8) is 0 Å². The monoisotopic (exact) mass is 276 g/mol. The molecule has 1 N–H and O–H groups in total. The van der Waals surface area contributed by atoms with Gasteiger partial charge in [0, 0.05) is 18.2 Å². The third-order valence-electron chi connectivity index (χ3n) is 2.18. The summed E-state index contributed by atoms with van der Waals surface area (Å²) in [5.41, 5.74) is 0.418. The molecular formula is C10H10BrFO3. The summed E-state index contributed by atoms with van der Waals surface area (Å²) in [5.74, 6) is 0.540. The Labute approximate surface area is 94.9 Å². The smallest absolute Gasteiger partial charge is 0.176 e. The Hall–Kier alpha value is -0.810. The summed E-state index contributed by atoms with van der Waals surface area (Å²) in [7, 11) is 0. The van der Waals surface area contributed by atoms with Crippen LogP contribution in [0.3, 0.4) is 0 Å². The molecular weight excluding hydrogens is 267 g/mol. The second kappa shape index (κ2) is 4.37. The predicted octanol–water partition coefficient (Wildman–Crippen LogP) is 1.89. The van der Waals surface area contributed by atoms with Gasteiger partial charge in [-0.2, -0.15) is 0 Å². The highest BCUT2D eigenvalue weighted by molar-refractivity contribution is 9.10. The Morgan fingerprint density at radius 3 is 2.87 bits per heavy atom. The van der Waals surface area contributed by atoms with E-state index in [0.29, 0.717) is 34.7 Å². The van der Waals surface area contributed by atoms with Gasteiger partial charge in [-0.3, -0.25) is 0 Å². The molecule has 0 radical (unpaired) electrons. The molecule has 0 atom stereocenters. The molecule has 0 saturated heterocycles. The highest BCUT2D eigenvalue weighted by atomic mass is 79.9. The zero-order chi connectivity index (χ0) is 10.8. The number of rotatable bonds is 2. The van der Waals surface area contributed by atoms with Crippen LogP contribution < -0.4 is 9.47 Å². The Morgan fingerprint density at radius 1 is 1.40 bits per heavy atom. The highest BCUT2D eigenvalue weighted by Crippen LogP contribution is 2.41. The fourth-order valence-corrected chi connectivity index (χ4v) is 2.19. The number of fused-ring (bicyclic) bond motifs is 1. The molecule has 0 bridgehead atoms. The Balaban J connectivity index is 2.49. The van der Waals surface area contributed by atoms with Crippen LogP contribution in [0.2, 0.25) is 0 Å². The van der Waals surface area contributed by atoms with Gasteiger partial charge in [0.25, 0.3) is 0 Å². The van der Waals surface area contributed by atoms with Gasteiger partial charge in [0.05, 0.1) is 4.47 Å². The van der Waals surface area contributed by atoms with Crippen molar-refractivity contribution >= 4 is 15.9 Å². The zero-order valence-corrected chi connectivity index (χ0v) is 9.51. The number of aliphatic hydroxyl groups excluding tert-OH is 1. The van der Waals surface area contributed by atoms with E-state index in [4.69, 9.17) is 14.6 Å². The molecule has 3 nitrogen and oxygen atoms in total. The summed E-state index contributed by atoms with van der Waals surface area (Å²) in [6.07, 6.45) is 0.253. The third-order valence-corrected chi connectivity index (χ3v) is 3.02. The zero-order valence-electron chi connectivity index (χ0n) is 7.93. The van der Waals surface area contributed by atoms with E-state index in [1.54, 1.807) is 0 Å². The molecule has 1 aliphatic rings. The standard InChI is InChI=1S/C10H10BrFO3/c11-9-6(1-2-13)7(12)5-8-10(9)15-4-3-14-8/h5,13H,1-4H2. The minimum Gasteiger partial charge on any atom is -0.486 e. The summed E-state index contributed by atoms with van der Waals surface area (Å²) >= 11 is 3.26. The minimum absolute atomic E-state index is 0.102. The van der Waals surface area contributed by atoms with E-state index >= 15 is 0 Å². The molecule has 1 heterocycles. The SMILES string of the molecule is OCCc1c(F)cc2c(c1Br)OCCO2. The summed E-state index contributed by atoms with van der Waals surface area (Å²) in [6.45, 7) is 0.781. The fourth-order valence-electron chi connectivity index (χ4n) is 1.50. The van der Waals surface area contributed by atoms with Crippen LogP contribution in [0.1, 0.15) is 5.56 Å². The van der Waals surface area contributed by atoms with Crippen molar-refractivity contribution in [3.05, 3.63) is 21.9 Å². The fraction of sp³-hybridized carbons (Fsp3) is 0.400. The van der Waals surface area contributed by atoms with Crippen molar-refractivity contribution in [1.82, 2.24) is 0 Å². The van der Waals surface area contributed by atoms with Crippen molar-refractivity contribution < 1.29 is 19.0 Å². The Kier molecular flexibility index (Phi) is 3.11. The van der Waals surface area contributed by atoms with Crippen LogP contribution in [0.15, 0.2) is 10.5 Å². The average Bonchev–Trinajstić information content (AvgIpc) is 2.24. The number of hydrogen-bond donors (Lipinski definition) is 1. The first-order valence-electron chi connectivity index (χ1n) is 4.61. The molecule has 0 aromatic heterocycles. The maximum atomic E-state index is 13.5. The van der Waals surface area contributed by atoms with Crippen molar-refractivity contribution in [2.45, 2.75) is 6.42 Å². The average molecular weight is 277 g/mol. The quantitative estimate of drug-likeness (QED) is 0.897. The summed E-state index contributed by atoms with van der Waals surface area (Å²) in [4.78, 5) is 0. The second-order valence-electron chi connectivity index (χ2n) is 3.15. The van der Waals surface area contributed by atoms with Crippen LogP contribution in [0.4, 0.5) is 4.39 Å². The van der Waals surface area contributed by atoms with Crippen LogP contribution in [0, 0.1) is 5.82 Å². The number of ether oxygens (including phenoxy) is 2. The van der Waals surface area contributed by atoms with Crippen molar-refractivity contribution in [2.24, 2.45) is 0 Å². The lowest BCUT2D eigenvalue weighted by Gasteiger charge is -2.21. The molecule has 1 aromatic carbocycles. The number of aliphatic hydroxyl groups is 1. The lowest BCUT2D eigenvalue weighted by atomic mass is 10.1. The first-order valence-corrected chi connectivity index (χ1v) is 5.40. The molecule has 0 fully saturated rings. The summed E-state index contributed by atoms with van der Waals surface area (Å²) in [6, 6.07) is 1.30. The van der Waals surface area contributed by atoms with Crippen molar-refractivity contribution in [2.75, 3.05) is 19.8 Å².